The first kappa shape index (κ1) is 31.5. The lowest BCUT2D eigenvalue weighted by Gasteiger charge is -2.14. The van der Waals surface area contributed by atoms with E-state index in [0.29, 0.717) is 33.0 Å². The summed E-state index contributed by atoms with van der Waals surface area (Å²) in [5.74, 6) is -2.64. The highest BCUT2D eigenvalue weighted by Gasteiger charge is 2.17. The Hall–Kier alpha value is -4.49. The summed E-state index contributed by atoms with van der Waals surface area (Å²) in [6.45, 7) is 7.82. The van der Waals surface area contributed by atoms with Gasteiger partial charge >= 0.3 is 40.9 Å². The van der Waals surface area contributed by atoms with Crippen LogP contribution in [0.5, 0.6) is 0 Å². The molecule has 0 aliphatic heterocycles. The third-order valence-electron chi connectivity index (χ3n) is 4.85. The fourth-order valence-corrected chi connectivity index (χ4v) is 2.95. The van der Waals surface area contributed by atoms with Gasteiger partial charge in [-0.25, -0.2) is 42.5 Å². The molecule has 1 heterocycles. The number of nitrogens with zero attached hydrogens (tertiary/aromatic N) is 3. The first-order chi connectivity index (χ1) is 18.2. The summed E-state index contributed by atoms with van der Waals surface area (Å²) in [6.07, 6.45) is 4.55. The highest BCUT2D eigenvalue weighted by molar-refractivity contribution is 5.81. The number of rotatable bonds is 18. The number of aromatic nitrogens is 3. The molecule has 0 saturated heterocycles. The quantitative estimate of drug-likeness (QED) is 0.102. The van der Waals surface area contributed by atoms with Gasteiger partial charge in [-0.05, 0) is 19.3 Å². The molecule has 0 aromatic carbocycles. The summed E-state index contributed by atoms with van der Waals surface area (Å²) < 4.78 is 21.6. The predicted octanol–water partition coefficient (Wildman–Crippen LogP) is -0.537. The zero-order chi connectivity index (χ0) is 28.5. The van der Waals surface area contributed by atoms with Crippen molar-refractivity contribution in [1.82, 2.24) is 13.7 Å². The fraction of sp³-hybridized carbons (Fsp3) is 0.458. The summed E-state index contributed by atoms with van der Waals surface area (Å²) >= 11 is 0. The molecule has 1 rings (SSSR count). The van der Waals surface area contributed by atoms with E-state index in [1.54, 1.807) is 0 Å². The van der Waals surface area contributed by atoms with Crippen LogP contribution in [0.1, 0.15) is 25.7 Å². The minimum absolute atomic E-state index is 0.0668. The van der Waals surface area contributed by atoms with Crippen molar-refractivity contribution in [2.24, 2.45) is 0 Å². The van der Waals surface area contributed by atoms with Crippen LogP contribution in [0.2, 0.25) is 0 Å². The molecule has 38 heavy (non-hydrogen) atoms. The average Bonchev–Trinajstić information content (AvgIpc) is 2.91. The molecule has 0 spiro atoms. The maximum Gasteiger partial charge on any atom is 0.336 e. The molecule has 14 nitrogen and oxygen atoms in total. The van der Waals surface area contributed by atoms with Crippen molar-refractivity contribution in [2.45, 2.75) is 45.3 Å². The lowest BCUT2D eigenvalue weighted by molar-refractivity contribution is -0.144. The van der Waals surface area contributed by atoms with Crippen LogP contribution in [0, 0.1) is 0 Å². The third kappa shape index (κ3) is 10.6. The maximum atomic E-state index is 12.8. The van der Waals surface area contributed by atoms with Crippen LogP contribution in [0.4, 0.5) is 0 Å². The van der Waals surface area contributed by atoms with Crippen LogP contribution in [0.25, 0.3) is 0 Å². The van der Waals surface area contributed by atoms with Gasteiger partial charge in [0.25, 0.3) is 0 Å². The molecule has 14 heteroatoms. The standard InChI is InChI=1S/C24H31N3O11/c1-4-18(28)35-14-9-7-8-10-21(31)38-17-13-27-23(33)25(11-15-36-19(29)5-2)22(32)26(24(27)34)12-16-37-20(30)6-3/h4-6H,1-3,7-17H2. The van der Waals surface area contributed by atoms with Crippen molar-refractivity contribution in [1.29, 1.82) is 0 Å². The molecular formula is C24H31N3O11. The van der Waals surface area contributed by atoms with Gasteiger partial charge in [0.1, 0.15) is 19.8 Å². The minimum Gasteiger partial charge on any atom is -0.464 e. The molecule has 0 N–H and O–H groups in total. The van der Waals surface area contributed by atoms with Gasteiger partial charge in [-0.2, -0.15) is 0 Å². The van der Waals surface area contributed by atoms with Gasteiger partial charge in [0, 0.05) is 24.6 Å². The van der Waals surface area contributed by atoms with Gasteiger partial charge in [-0.15, -0.1) is 0 Å². The normalized spacial score (nSPS) is 10.2. The van der Waals surface area contributed by atoms with E-state index in [9.17, 15) is 33.6 Å². The number of hydrogen-bond acceptors (Lipinski definition) is 11. The van der Waals surface area contributed by atoms with Gasteiger partial charge in [0.05, 0.1) is 26.2 Å². The van der Waals surface area contributed by atoms with Crippen LogP contribution in [-0.4, -0.2) is 64.0 Å². The Balaban J connectivity index is 2.86. The van der Waals surface area contributed by atoms with Crippen LogP contribution in [-0.2, 0) is 57.8 Å². The lowest BCUT2D eigenvalue weighted by atomic mass is 10.2. The molecule has 1 aromatic rings. The Labute approximate surface area is 217 Å². The zero-order valence-electron chi connectivity index (χ0n) is 21.0. The topological polar surface area (TPSA) is 171 Å². The van der Waals surface area contributed by atoms with Gasteiger partial charge < -0.3 is 18.9 Å². The highest BCUT2D eigenvalue weighted by Crippen LogP contribution is 2.02. The maximum absolute atomic E-state index is 12.8. The van der Waals surface area contributed by atoms with Crippen molar-refractivity contribution in [3.63, 3.8) is 0 Å². The van der Waals surface area contributed by atoms with Crippen LogP contribution >= 0.6 is 0 Å². The smallest absolute Gasteiger partial charge is 0.336 e. The molecule has 208 valence electrons. The van der Waals surface area contributed by atoms with Gasteiger partial charge in [-0.1, -0.05) is 19.7 Å². The second kappa shape index (κ2) is 17.1. The molecule has 0 fully saturated rings. The van der Waals surface area contributed by atoms with Crippen LogP contribution in [0.15, 0.2) is 52.3 Å². The molecule has 0 aliphatic carbocycles. The molecule has 0 bridgehead atoms. The third-order valence-corrected chi connectivity index (χ3v) is 4.85. The Morgan fingerprint density at radius 2 is 0.921 bits per heavy atom. The molecule has 0 saturated carbocycles. The highest BCUT2D eigenvalue weighted by atomic mass is 16.5. The SMILES string of the molecule is C=CC(=O)OCCCCCC(=O)OCCn1c(=O)n(CCOC(=O)C=C)c(=O)n(CCOC(=O)C=C)c1=O. The van der Waals surface area contributed by atoms with E-state index >= 15 is 0 Å². The van der Waals surface area contributed by atoms with E-state index in [0.717, 1.165) is 18.2 Å². The predicted molar refractivity (Wildman–Crippen MR) is 132 cm³/mol. The zero-order valence-corrected chi connectivity index (χ0v) is 21.0. The molecule has 0 unspecified atom stereocenters. The van der Waals surface area contributed by atoms with E-state index < -0.39 is 40.9 Å². The number of unbranched alkanes of at least 4 members (excludes halogenated alkanes) is 2. The van der Waals surface area contributed by atoms with E-state index in [1.165, 1.54) is 0 Å². The first-order valence-electron chi connectivity index (χ1n) is 11.6. The summed E-state index contributed by atoms with van der Waals surface area (Å²) in [4.78, 5) is 83.9. The Morgan fingerprint density at radius 3 is 1.32 bits per heavy atom. The number of carbonyl (C=O) groups excluding carboxylic acids is 4. The van der Waals surface area contributed by atoms with Crippen LogP contribution in [0.3, 0.4) is 0 Å². The number of carbonyl (C=O) groups is 4. The molecule has 1 aromatic heterocycles. The summed E-state index contributed by atoms with van der Waals surface area (Å²) in [5.41, 5.74) is -3.01. The first-order valence-corrected chi connectivity index (χ1v) is 11.6. The van der Waals surface area contributed by atoms with Gasteiger partial charge in [0.2, 0.25) is 0 Å². The largest absolute Gasteiger partial charge is 0.464 e. The summed E-state index contributed by atoms with van der Waals surface area (Å²) in [6, 6.07) is 0. The Kier molecular flexibility index (Phi) is 14.2. The number of esters is 4. The molecule has 0 aliphatic rings. The number of ether oxygens (including phenoxy) is 4. The lowest BCUT2D eigenvalue weighted by Crippen LogP contribution is -2.55. The summed E-state index contributed by atoms with van der Waals surface area (Å²) in [5, 5.41) is 0. The van der Waals surface area contributed by atoms with Crippen molar-refractivity contribution in [3.05, 3.63) is 69.4 Å². The van der Waals surface area contributed by atoms with Crippen molar-refractivity contribution in [2.75, 3.05) is 26.4 Å². The van der Waals surface area contributed by atoms with Crippen molar-refractivity contribution in [3.8, 4) is 0 Å². The van der Waals surface area contributed by atoms with E-state index in [1.807, 2.05) is 0 Å². The van der Waals surface area contributed by atoms with E-state index in [-0.39, 0.29) is 52.5 Å². The second-order valence-electron chi connectivity index (χ2n) is 7.45. The Bertz CT molecular complexity index is 1140. The van der Waals surface area contributed by atoms with Gasteiger partial charge in [0.15, 0.2) is 0 Å². The Morgan fingerprint density at radius 1 is 0.553 bits per heavy atom. The van der Waals surface area contributed by atoms with E-state index in [4.69, 9.17) is 18.9 Å². The van der Waals surface area contributed by atoms with Crippen molar-refractivity contribution < 1.29 is 38.1 Å². The van der Waals surface area contributed by atoms with E-state index in [2.05, 4.69) is 19.7 Å². The molecule has 0 radical (unpaired) electrons. The monoisotopic (exact) mass is 537 g/mol. The fourth-order valence-electron chi connectivity index (χ4n) is 2.95. The average molecular weight is 538 g/mol. The summed E-state index contributed by atoms with van der Waals surface area (Å²) in [7, 11) is 0. The minimum atomic E-state index is -1.00. The van der Waals surface area contributed by atoms with Crippen molar-refractivity contribution >= 4 is 23.9 Å². The molecule has 0 amide bonds. The molecule has 0 atom stereocenters. The second-order valence-corrected chi connectivity index (χ2v) is 7.45. The van der Waals surface area contributed by atoms with Crippen LogP contribution < -0.4 is 17.1 Å². The van der Waals surface area contributed by atoms with Gasteiger partial charge in [-0.3, -0.25) is 4.79 Å². The number of hydrogen-bond donors (Lipinski definition) is 0. The molecular weight excluding hydrogens is 506 g/mol.